The molecule has 1 N–H and O–H groups in total. The van der Waals surface area contributed by atoms with Gasteiger partial charge in [0.15, 0.2) is 0 Å². The van der Waals surface area contributed by atoms with Gasteiger partial charge < -0.3 is 14.7 Å². The third kappa shape index (κ3) is 2.58. The van der Waals surface area contributed by atoms with Crippen LogP contribution in [0.25, 0.3) is 0 Å². The maximum Gasteiger partial charge on any atom is 0.410 e. The minimum absolute atomic E-state index is 0.0893. The summed E-state index contributed by atoms with van der Waals surface area (Å²) < 4.78 is 19.1. The Labute approximate surface area is 129 Å². The Morgan fingerprint density at radius 1 is 1.27 bits per heavy atom. The quantitative estimate of drug-likeness (QED) is 0.867. The molecule has 0 radical (unpaired) electrons. The summed E-state index contributed by atoms with van der Waals surface area (Å²) in [5.41, 5.74) is -1.34. The molecule has 0 unspecified atom stereocenters. The molecule has 1 aliphatic heterocycles. The first-order chi connectivity index (χ1) is 10.1. The number of ether oxygens (including phenoxy) is 1. The topological polar surface area (TPSA) is 49.8 Å². The SMILES string of the molecule is CC(C)(C)OC(=O)N1CC2(C1)CC(O)(c1ccccc1F)C2. The molecule has 1 spiro atoms. The van der Waals surface area contributed by atoms with E-state index >= 15 is 0 Å². The average molecular weight is 307 g/mol. The standard InChI is InChI=1S/C17H22FNO3/c1-15(2,3)22-14(20)19-10-16(11-19)8-17(21,9-16)12-6-4-5-7-13(12)18/h4-7,21H,8-11H2,1-3H3. The number of carbonyl (C=O) groups is 1. The van der Waals surface area contributed by atoms with Gasteiger partial charge in [-0.1, -0.05) is 18.2 Å². The number of benzene rings is 1. The predicted molar refractivity (Wildman–Crippen MR) is 79.8 cm³/mol. The second-order valence-corrected chi connectivity index (χ2v) is 7.70. The highest BCUT2D eigenvalue weighted by atomic mass is 19.1. The molecule has 3 rings (SSSR count). The zero-order valence-electron chi connectivity index (χ0n) is 13.2. The van der Waals surface area contributed by atoms with Gasteiger partial charge in [-0.05, 0) is 39.7 Å². The molecule has 1 aliphatic carbocycles. The summed E-state index contributed by atoms with van der Waals surface area (Å²) in [7, 11) is 0. The van der Waals surface area contributed by atoms with E-state index in [9.17, 15) is 14.3 Å². The Morgan fingerprint density at radius 2 is 1.86 bits per heavy atom. The minimum Gasteiger partial charge on any atom is -0.444 e. The van der Waals surface area contributed by atoms with Crippen molar-refractivity contribution in [1.82, 2.24) is 4.90 Å². The molecule has 1 aromatic carbocycles. The zero-order valence-corrected chi connectivity index (χ0v) is 13.2. The molecule has 22 heavy (non-hydrogen) atoms. The summed E-state index contributed by atoms with van der Waals surface area (Å²) in [5.74, 6) is -0.372. The van der Waals surface area contributed by atoms with Gasteiger partial charge in [-0.3, -0.25) is 0 Å². The van der Waals surface area contributed by atoms with Gasteiger partial charge in [0.05, 0.1) is 5.60 Å². The van der Waals surface area contributed by atoms with Crippen LogP contribution >= 0.6 is 0 Å². The van der Waals surface area contributed by atoms with Crippen molar-refractivity contribution in [2.75, 3.05) is 13.1 Å². The van der Waals surface area contributed by atoms with E-state index in [4.69, 9.17) is 4.74 Å². The lowest BCUT2D eigenvalue weighted by Gasteiger charge is -2.62. The second kappa shape index (κ2) is 4.69. The molecule has 1 saturated carbocycles. The second-order valence-electron chi connectivity index (χ2n) is 7.70. The molecule has 1 saturated heterocycles. The third-order valence-electron chi connectivity index (χ3n) is 4.41. The maximum absolute atomic E-state index is 13.8. The monoisotopic (exact) mass is 307 g/mol. The van der Waals surface area contributed by atoms with Crippen molar-refractivity contribution >= 4 is 6.09 Å². The van der Waals surface area contributed by atoms with E-state index in [1.807, 2.05) is 20.8 Å². The highest BCUT2D eigenvalue weighted by Gasteiger charge is 2.61. The fourth-order valence-electron chi connectivity index (χ4n) is 3.66. The van der Waals surface area contributed by atoms with E-state index in [-0.39, 0.29) is 17.3 Å². The van der Waals surface area contributed by atoms with Crippen LogP contribution < -0.4 is 0 Å². The van der Waals surface area contributed by atoms with Crippen LogP contribution in [0.15, 0.2) is 24.3 Å². The Bertz CT molecular complexity index is 594. The summed E-state index contributed by atoms with van der Waals surface area (Å²) in [6.45, 7) is 6.64. The van der Waals surface area contributed by atoms with Crippen LogP contribution in [0.3, 0.4) is 0 Å². The number of hydrogen-bond donors (Lipinski definition) is 1. The molecular weight excluding hydrogens is 285 g/mol. The van der Waals surface area contributed by atoms with Crippen molar-refractivity contribution in [3.8, 4) is 0 Å². The normalized spacial score (nSPS) is 22.0. The van der Waals surface area contributed by atoms with Crippen LogP contribution in [-0.4, -0.2) is 34.8 Å². The first-order valence-corrected chi connectivity index (χ1v) is 7.58. The van der Waals surface area contributed by atoms with E-state index in [1.54, 1.807) is 23.1 Å². The Hall–Kier alpha value is -1.62. The molecule has 1 heterocycles. The molecule has 1 amide bonds. The summed E-state index contributed by atoms with van der Waals surface area (Å²) in [5, 5.41) is 10.6. The molecular formula is C17H22FNO3. The Morgan fingerprint density at radius 3 is 2.41 bits per heavy atom. The van der Waals surface area contributed by atoms with Crippen LogP contribution in [0.2, 0.25) is 0 Å². The number of aliphatic hydroxyl groups is 1. The van der Waals surface area contributed by atoms with Gasteiger partial charge in [-0.2, -0.15) is 0 Å². The van der Waals surface area contributed by atoms with Crippen LogP contribution in [0.5, 0.6) is 0 Å². The van der Waals surface area contributed by atoms with Gasteiger partial charge in [0.25, 0.3) is 0 Å². The molecule has 120 valence electrons. The molecule has 1 aromatic rings. The Kier molecular flexibility index (Phi) is 3.25. The van der Waals surface area contributed by atoms with Gasteiger partial charge >= 0.3 is 6.09 Å². The van der Waals surface area contributed by atoms with Crippen molar-refractivity contribution in [1.29, 1.82) is 0 Å². The highest BCUT2D eigenvalue weighted by Crippen LogP contribution is 2.58. The van der Waals surface area contributed by atoms with E-state index in [1.165, 1.54) is 6.07 Å². The van der Waals surface area contributed by atoms with Gasteiger partial charge in [0.1, 0.15) is 11.4 Å². The van der Waals surface area contributed by atoms with Crippen molar-refractivity contribution in [3.05, 3.63) is 35.6 Å². The molecule has 4 nitrogen and oxygen atoms in total. The van der Waals surface area contributed by atoms with E-state index in [0.717, 1.165) is 0 Å². The lowest BCUT2D eigenvalue weighted by atomic mass is 9.53. The molecule has 2 fully saturated rings. The Balaban J connectivity index is 1.59. The smallest absolute Gasteiger partial charge is 0.410 e. The van der Waals surface area contributed by atoms with Crippen LogP contribution in [0.4, 0.5) is 9.18 Å². The molecule has 0 bridgehead atoms. The van der Waals surface area contributed by atoms with E-state index in [0.29, 0.717) is 31.5 Å². The predicted octanol–water partition coefficient (Wildman–Crippen LogP) is 3.04. The first-order valence-electron chi connectivity index (χ1n) is 7.58. The fraction of sp³-hybridized carbons (Fsp3) is 0.588. The van der Waals surface area contributed by atoms with Crippen LogP contribution in [-0.2, 0) is 10.3 Å². The van der Waals surface area contributed by atoms with Crippen molar-refractivity contribution in [2.45, 2.75) is 44.8 Å². The van der Waals surface area contributed by atoms with Gasteiger partial charge in [-0.15, -0.1) is 0 Å². The number of halogens is 1. The van der Waals surface area contributed by atoms with Crippen molar-refractivity contribution in [2.24, 2.45) is 5.41 Å². The van der Waals surface area contributed by atoms with Gasteiger partial charge in [0.2, 0.25) is 0 Å². The van der Waals surface area contributed by atoms with Crippen LogP contribution in [0, 0.1) is 11.2 Å². The van der Waals surface area contributed by atoms with Crippen molar-refractivity contribution < 1.29 is 19.0 Å². The number of carbonyl (C=O) groups excluding carboxylic acids is 1. The summed E-state index contributed by atoms with van der Waals surface area (Å²) in [4.78, 5) is 13.6. The maximum atomic E-state index is 13.8. The molecule has 5 heteroatoms. The lowest BCUT2D eigenvalue weighted by molar-refractivity contribution is -0.191. The molecule has 2 aliphatic rings. The summed E-state index contributed by atoms with van der Waals surface area (Å²) >= 11 is 0. The largest absolute Gasteiger partial charge is 0.444 e. The third-order valence-corrected chi connectivity index (χ3v) is 4.41. The van der Waals surface area contributed by atoms with E-state index < -0.39 is 11.2 Å². The van der Waals surface area contributed by atoms with Gasteiger partial charge in [0, 0.05) is 24.1 Å². The lowest BCUT2D eigenvalue weighted by Crippen LogP contribution is -2.68. The minimum atomic E-state index is -1.11. The molecule has 0 aromatic heterocycles. The number of rotatable bonds is 1. The highest BCUT2D eigenvalue weighted by molar-refractivity contribution is 5.69. The van der Waals surface area contributed by atoms with Crippen molar-refractivity contribution in [3.63, 3.8) is 0 Å². The fourth-order valence-corrected chi connectivity index (χ4v) is 3.66. The van der Waals surface area contributed by atoms with E-state index in [2.05, 4.69) is 0 Å². The zero-order chi connectivity index (χ0) is 16.2. The number of hydrogen-bond acceptors (Lipinski definition) is 3. The summed E-state index contributed by atoms with van der Waals surface area (Å²) in [6.07, 6.45) is 0.653. The number of nitrogens with zero attached hydrogens (tertiary/aromatic N) is 1. The van der Waals surface area contributed by atoms with Crippen LogP contribution in [0.1, 0.15) is 39.2 Å². The summed E-state index contributed by atoms with van der Waals surface area (Å²) in [6, 6.07) is 6.35. The first kappa shape index (κ1) is 15.3. The number of amides is 1. The number of likely N-dealkylation sites (tertiary alicyclic amines) is 1. The average Bonchev–Trinajstić information content (AvgIpc) is 2.30. The van der Waals surface area contributed by atoms with Gasteiger partial charge in [-0.25, -0.2) is 9.18 Å². The molecule has 0 atom stereocenters.